The monoisotopic (exact) mass is 282 g/mol. The third-order valence-electron chi connectivity index (χ3n) is 2.87. The zero-order valence-electron chi connectivity index (χ0n) is 9.97. The molecule has 0 aromatic rings. The van der Waals surface area contributed by atoms with Gasteiger partial charge in [-0.05, 0) is 19.1 Å². The first-order valence-electron chi connectivity index (χ1n) is 5.29. The zero-order valence-corrected chi connectivity index (χ0v) is 11.6. The van der Waals surface area contributed by atoms with Crippen LogP contribution in [0.4, 0.5) is 0 Å². The molecule has 0 saturated heterocycles. The number of thioether (sulfide) groups is 1. The molecule has 8 heteroatoms. The van der Waals surface area contributed by atoms with Crippen molar-refractivity contribution in [1.29, 1.82) is 0 Å². The number of hydrogen-bond acceptors (Lipinski definition) is 4. The molecule has 0 heterocycles. The van der Waals surface area contributed by atoms with Gasteiger partial charge in [-0.1, -0.05) is 0 Å². The molecule has 0 radical (unpaired) electrons. The molecule has 17 heavy (non-hydrogen) atoms. The van der Waals surface area contributed by atoms with Gasteiger partial charge in [0.15, 0.2) is 0 Å². The molecule has 1 aliphatic rings. The molecule has 0 spiro atoms. The zero-order chi connectivity index (χ0) is 13.1. The van der Waals surface area contributed by atoms with Crippen molar-refractivity contribution >= 4 is 27.9 Å². The SMILES string of the molecule is CSC1(CNS(=O)(=O)N(C)CCC(=O)O)CC1. The minimum atomic E-state index is -3.55. The second-order valence-electron chi connectivity index (χ2n) is 4.18. The van der Waals surface area contributed by atoms with Crippen LogP contribution in [0.3, 0.4) is 0 Å². The van der Waals surface area contributed by atoms with Crippen LogP contribution in [0.5, 0.6) is 0 Å². The van der Waals surface area contributed by atoms with E-state index in [9.17, 15) is 13.2 Å². The smallest absolute Gasteiger partial charge is 0.304 e. The third-order valence-corrected chi connectivity index (χ3v) is 5.80. The lowest BCUT2D eigenvalue weighted by molar-refractivity contribution is -0.137. The van der Waals surface area contributed by atoms with E-state index < -0.39 is 16.2 Å². The fourth-order valence-corrected chi connectivity index (χ4v) is 3.13. The van der Waals surface area contributed by atoms with Gasteiger partial charge in [-0.2, -0.15) is 24.5 Å². The van der Waals surface area contributed by atoms with Gasteiger partial charge in [0.05, 0.1) is 6.42 Å². The summed E-state index contributed by atoms with van der Waals surface area (Å²) in [7, 11) is -2.17. The molecule has 2 N–H and O–H groups in total. The van der Waals surface area contributed by atoms with E-state index in [-0.39, 0.29) is 17.7 Å². The Morgan fingerprint density at radius 2 is 2.12 bits per heavy atom. The minimum absolute atomic E-state index is 0.0169. The fourth-order valence-electron chi connectivity index (χ4n) is 1.30. The standard InChI is InChI=1S/C9H18N2O4S2/c1-11(6-3-8(12)13)17(14,15)10-7-9(16-2)4-5-9/h10H,3-7H2,1-2H3,(H,12,13). The van der Waals surface area contributed by atoms with Gasteiger partial charge < -0.3 is 5.11 Å². The Hall–Kier alpha value is -0.310. The lowest BCUT2D eigenvalue weighted by Crippen LogP contribution is -2.42. The number of carbonyl (C=O) groups is 1. The topological polar surface area (TPSA) is 86.7 Å². The Morgan fingerprint density at radius 3 is 2.53 bits per heavy atom. The molecule has 0 amide bonds. The van der Waals surface area contributed by atoms with Crippen LogP contribution in [0, 0.1) is 0 Å². The van der Waals surface area contributed by atoms with Crippen molar-refractivity contribution in [2.24, 2.45) is 0 Å². The van der Waals surface area contributed by atoms with Gasteiger partial charge in [-0.25, -0.2) is 4.72 Å². The molecule has 0 aliphatic heterocycles. The largest absolute Gasteiger partial charge is 0.481 e. The number of nitrogens with zero attached hydrogens (tertiary/aromatic N) is 1. The van der Waals surface area contributed by atoms with Crippen LogP contribution >= 0.6 is 11.8 Å². The summed E-state index contributed by atoms with van der Waals surface area (Å²) in [5, 5.41) is 8.49. The molecule has 0 bridgehead atoms. The summed E-state index contributed by atoms with van der Waals surface area (Å²) in [6.45, 7) is 0.394. The van der Waals surface area contributed by atoms with Gasteiger partial charge in [0.25, 0.3) is 10.2 Å². The van der Waals surface area contributed by atoms with Crippen LogP contribution in [0.1, 0.15) is 19.3 Å². The van der Waals surface area contributed by atoms with Crippen molar-refractivity contribution < 1.29 is 18.3 Å². The van der Waals surface area contributed by atoms with E-state index in [0.29, 0.717) is 6.54 Å². The van der Waals surface area contributed by atoms with Gasteiger partial charge in [-0.15, -0.1) is 0 Å². The third kappa shape index (κ3) is 4.46. The average molecular weight is 282 g/mol. The maximum absolute atomic E-state index is 11.7. The Balaban J connectivity index is 2.42. The predicted molar refractivity (Wildman–Crippen MR) is 67.3 cm³/mol. The Morgan fingerprint density at radius 1 is 1.53 bits per heavy atom. The van der Waals surface area contributed by atoms with E-state index in [0.717, 1.165) is 17.1 Å². The van der Waals surface area contributed by atoms with Crippen molar-refractivity contribution in [1.82, 2.24) is 9.03 Å². The van der Waals surface area contributed by atoms with Gasteiger partial charge in [0.2, 0.25) is 0 Å². The highest BCUT2D eigenvalue weighted by molar-refractivity contribution is 8.00. The Labute approximate surface area is 106 Å². The lowest BCUT2D eigenvalue weighted by atomic mass is 10.4. The Kier molecular flexibility index (Phi) is 4.82. The quantitative estimate of drug-likeness (QED) is 0.660. The first-order valence-corrected chi connectivity index (χ1v) is 7.96. The van der Waals surface area contributed by atoms with Crippen LogP contribution in [-0.4, -0.2) is 54.9 Å². The highest BCUT2D eigenvalue weighted by Crippen LogP contribution is 2.46. The van der Waals surface area contributed by atoms with Crippen molar-refractivity contribution in [3.05, 3.63) is 0 Å². The molecule has 0 unspecified atom stereocenters. The summed E-state index contributed by atoms with van der Waals surface area (Å²) in [5.74, 6) is -1.00. The summed E-state index contributed by atoms with van der Waals surface area (Å²) in [4.78, 5) is 10.4. The highest BCUT2D eigenvalue weighted by Gasteiger charge is 2.42. The van der Waals surface area contributed by atoms with Crippen molar-refractivity contribution in [2.45, 2.75) is 24.0 Å². The van der Waals surface area contributed by atoms with Gasteiger partial charge >= 0.3 is 5.97 Å². The molecule has 100 valence electrons. The van der Waals surface area contributed by atoms with Crippen LogP contribution < -0.4 is 4.72 Å². The number of aliphatic carboxylic acids is 1. The summed E-state index contributed by atoms with van der Waals surface area (Å²) in [6, 6.07) is 0. The fraction of sp³-hybridized carbons (Fsp3) is 0.889. The number of carboxylic acids is 1. The minimum Gasteiger partial charge on any atom is -0.481 e. The number of carboxylic acid groups (broad SMARTS) is 1. The first-order chi connectivity index (χ1) is 7.81. The van der Waals surface area contributed by atoms with E-state index in [1.54, 1.807) is 11.8 Å². The van der Waals surface area contributed by atoms with Crippen molar-refractivity contribution in [3.63, 3.8) is 0 Å². The maximum Gasteiger partial charge on any atom is 0.304 e. The second-order valence-corrected chi connectivity index (χ2v) is 7.31. The summed E-state index contributed by atoms with van der Waals surface area (Å²) in [5.41, 5.74) is 0. The molecule has 1 fully saturated rings. The normalized spacial score (nSPS) is 18.3. The van der Waals surface area contributed by atoms with E-state index in [4.69, 9.17) is 5.11 Å². The Bertz CT molecular complexity index is 378. The summed E-state index contributed by atoms with van der Waals surface area (Å²) >= 11 is 1.67. The molecular weight excluding hydrogens is 264 g/mol. The van der Waals surface area contributed by atoms with Crippen LogP contribution in [0.25, 0.3) is 0 Å². The van der Waals surface area contributed by atoms with E-state index in [1.165, 1.54) is 7.05 Å². The van der Waals surface area contributed by atoms with Gasteiger partial charge in [0.1, 0.15) is 0 Å². The van der Waals surface area contributed by atoms with Gasteiger partial charge in [0, 0.05) is 24.9 Å². The summed E-state index contributed by atoms with van der Waals surface area (Å²) < 4.78 is 27.1. The lowest BCUT2D eigenvalue weighted by Gasteiger charge is -2.19. The second kappa shape index (κ2) is 5.55. The number of hydrogen-bond donors (Lipinski definition) is 2. The van der Waals surface area contributed by atoms with Crippen molar-refractivity contribution in [3.8, 4) is 0 Å². The highest BCUT2D eigenvalue weighted by atomic mass is 32.2. The molecule has 0 aromatic carbocycles. The molecule has 1 aliphatic carbocycles. The molecule has 0 aromatic heterocycles. The van der Waals surface area contributed by atoms with Gasteiger partial charge in [-0.3, -0.25) is 4.79 Å². The average Bonchev–Trinajstić information content (AvgIpc) is 3.04. The molecule has 1 saturated carbocycles. The number of rotatable bonds is 8. The van der Waals surface area contributed by atoms with Crippen LogP contribution in [-0.2, 0) is 15.0 Å². The van der Waals surface area contributed by atoms with E-state index >= 15 is 0 Å². The van der Waals surface area contributed by atoms with E-state index in [2.05, 4.69) is 4.72 Å². The number of nitrogens with one attached hydrogen (secondary N) is 1. The molecular formula is C9H18N2O4S2. The molecule has 1 rings (SSSR count). The van der Waals surface area contributed by atoms with Crippen molar-refractivity contribution in [2.75, 3.05) is 26.4 Å². The first kappa shape index (κ1) is 14.7. The summed E-state index contributed by atoms with van der Waals surface area (Å²) in [6.07, 6.45) is 3.82. The predicted octanol–water partition coefficient (Wildman–Crippen LogP) is 0.123. The van der Waals surface area contributed by atoms with Crippen LogP contribution in [0.15, 0.2) is 0 Å². The van der Waals surface area contributed by atoms with E-state index in [1.807, 2.05) is 6.26 Å². The van der Waals surface area contributed by atoms with Crippen LogP contribution in [0.2, 0.25) is 0 Å². The molecule has 6 nitrogen and oxygen atoms in total. The maximum atomic E-state index is 11.7. The molecule has 0 atom stereocenters.